The number of anilines is 1. The smallest absolute Gasteiger partial charge is 0.253 e. The van der Waals surface area contributed by atoms with E-state index in [0.29, 0.717) is 33.8 Å². The average Bonchev–Trinajstić information content (AvgIpc) is 3.18. The molecule has 0 atom stereocenters. The number of aryl methyl sites for hydroxylation is 2. The molecule has 0 saturated carbocycles. The number of nitrogen functional groups attached to an aromatic ring is 1. The van der Waals surface area contributed by atoms with Gasteiger partial charge in [-0.1, -0.05) is 12.1 Å². The Morgan fingerprint density at radius 2 is 1.66 bits per heavy atom. The minimum atomic E-state index is -0.734. The first-order chi connectivity index (χ1) is 15.3. The molecule has 0 spiro atoms. The van der Waals surface area contributed by atoms with E-state index in [-0.39, 0.29) is 17.1 Å². The van der Waals surface area contributed by atoms with Crippen molar-refractivity contribution in [2.75, 3.05) is 12.8 Å². The summed E-state index contributed by atoms with van der Waals surface area (Å²) in [7, 11) is 1.49. The summed E-state index contributed by atoms with van der Waals surface area (Å²) in [6.45, 7) is 5.17. The molecule has 4 N–H and O–H groups in total. The van der Waals surface area contributed by atoms with Gasteiger partial charge in [-0.15, -0.1) is 0 Å². The fourth-order valence-corrected chi connectivity index (χ4v) is 3.29. The zero-order valence-corrected chi connectivity index (χ0v) is 18.3. The second-order valence-corrected chi connectivity index (χ2v) is 7.12. The third-order valence-electron chi connectivity index (χ3n) is 4.90. The molecule has 3 aromatic heterocycles. The zero-order valence-electron chi connectivity index (χ0n) is 18.3. The minimum Gasteiger partial charge on any atom is -0.493 e. The number of hydrogen-bond donors (Lipinski definition) is 2. The van der Waals surface area contributed by atoms with Crippen molar-refractivity contribution in [2.45, 2.75) is 20.8 Å². The van der Waals surface area contributed by atoms with Crippen LogP contribution in [0.25, 0.3) is 22.2 Å². The van der Waals surface area contributed by atoms with Crippen molar-refractivity contribution < 1.29 is 18.7 Å². The lowest BCUT2D eigenvalue weighted by atomic mass is 9.98. The number of rotatable bonds is 4. The minimum absolute atomic E-state index is 0.0523. The van der Waals surface area contributed by atoms with Gasteiger partial charge in [0.05, 0.1) is 18.4 Å². The highest BCUT2D eigenvalue weighted by Crippen LogP contribution is 2.40. The summed E-state index contributed by atoms with van der Waals surface area (Å²) in [6.07, 6.45) is 3.34. The van der Waals surface area contributed by atoms with E-state index in [1.54, 1.807) is 24.5 Å². The Balaban J connectivity index is 0.000000305. The number of pyridine rings is 2. The number of ether oxygens (including phenoxy) is 1. The van der Waals surface area contributed by atoms with Crippen molar-refractivity contribution in [2.24, 2.45) is 5.73 Å². The molecule has 4 rings (SSSR count). The number of nitrogens with two attached hydrogens (primary N) is 2. The molecule has 0 aliphatic rings. The molecule has 32 heavy (non-hydrogen) atoms. The number of hydrogen-bond acceptors (Lipinski definition) is 7. The molecule has 1 amide bonds. The van der Waals surface area contributed by atoms with E-state index in [1.165, 1.54) is 14.0 Å². The van der Waals surface area contributed by atoms with Crippen LogP contribution in [0.2, 0.25) is 0 Å². The number of Topliss-reactive ketones (excluding diaryl/α,β-unsaturated/α-hetero) is 1. The largest absolute Gasteiger partial charge is 0.493 e. The van der Waals surface area contributed by atoms with Crippen molar-refractivity contribution in [1.82, 2.24) is 9.97 Å². The van der Waals surface area contributed by atoms with Gasteiger partial charge in [-0.2, -0.15) is 0 Å². The summed E-state index contributed by atoms with van der Waals surface area (Å²) in [5.74, 6) is -0.158. The highest BCUT2D eigenvalue weighted by molar-refractivity contribution is 6.18. The van der Waals surface area contributed by atoms with Gasteiger partial charge in [0.25, 0.3) is 5.91 Å². The van der Waals surface area contributed by atoms with Crippen molar-refractivity contribution >= 4 is 28.5 Å². The van der Waals surface area contributed by atoms with Gasteiger partial charge in [-0.3, -0.25) is 14.6 Å². The van der Waals surface area contributed by atoms with Gasteiger partial charge < -0.3 is 20.6 Å². The van der Waals surface area contributed by atoms with Crippen LogP contribution in [0, 0.1) is 13.8 Å². The van der Waals surface area contributed by atoms with Crippen molar-refractivity contribution in [3.05, 3.63) is 71.2 Å². The monoisotopic (exact) mass is 432 g/mol. The highest BCUT2D eigenvalue weighted by atomic mass is 16.5. The summed E-state index contributed by atoms with van der Waals surface area (Å²) in [4.78, 5) is 32.2. The van der Waals surface area contributed by atoms with Crippen molar-refractivity contribution in [1.29, 1.82) is 0 Å². The molecule has 8 nitrogen and oxygen atoms in total. The van der Waals surface area contributed by atoms with Gasteiger partial charge in [-0.25, -0.2) is 4.98 Å². The first-order valence-electron chi connectivity index (χ1n) is 9.79. The molecule has 8 heteroatoms. The van der Waals surface area contributed by atoms with Crippen LogP contribution in [-0.4, -0.2) is 28.8 Å². The molecule has 0 bridgehead atoms. The number of furan rings is 1. The van der Waals surface area contributed by atoms with E-state index < -0.39 is 5.91 Å². The number of fused-ring (bicyclic) bond motifs is 1. The average molecular weight is 432 g/mol. The lowest BCUT2D eigenvalue weighted by Crippen LogP contribution is -2.14. The second-order valence-electron chi connectivity index (χ2n) is 7.12. The molecule has 164 valence electrons. The van der Waals surface area contributed by atoms with E-state index in [9.17, 15) is 9.59 Å². The molecule has 0 aliphatic heterocycles. The van der Waals surface area contributed by atoms with E-state index in [2.05, 4.69) is 9.97 Å². The van der Waals surface area contributed by atoms with E-state index in [4.69, 9.17) is 20.6 Å². The van der Waals surface area contributed by atoms with Crippen LogP contribution >= 0.6 is 0 Å². The Labute approximate surface area is 185 Å². The number of nitrogens with zero attached hydrogens (tertiary/aromatic N) is 2. The molecule has 0 saturated heterocycles. The summed E-state index contributed by atoms with van der Waals surface area (Å²) in [6, 6.07) is 11.0. The van der Waals surface area contributed by atoms with Gasteiger partial charge in [-0.05, 0) is 49.2 Å². The Morgan fingerprint density at radius 3 is 2.16 bits per heavy atom. The molecule has 0 radical (unpaired) electrons. The molecule has 1 aromatic carbocycles. The fraction of sp³-hybridized carbons (Fsp3) is 0.167. The maximum atomic E-state index is 12.0. The van der Waals surface area contributed by atoms with Crippen LogP contribution < -0.4 is 16.2 Å². The Morgan fingerprint density at radius 1 is 1.00 bits per heavy atom. The van der Waals surface area contributed by atoms with Gasteiger partial charge in [0.15, 0.2) is 22.9 Å². The van der Waals surface area contributed by atoms with Gasteiger partial charge in [0, 0.05) is 30.3 Å². The van der Waals surface area contributed by atoms with Crippen LogP contribution in [0.4, 0.5) is 5.82 Å². The topological polar surface area (TPSA) is 134 Å². The Bertz CT molecular complexity index is 1290. The summed E-state index contributed by atoms with van der Waals surface area (Å²) in [5.41, 5.74) is 14.6. The van der Waals surface area contributed by atoms with E-state index >= 15 is 0 Å². The lowest BCUT2D eigenvalue weighted by molar-refractivity contribution is 0.0958. The number of methoxy groups -OCH3 is 1. The predicted molar refractivity (Wildman–Crippen MR) is 123 cm³/mol. The first-order valence-corrected chi connectivity index (χ1v) is 9.79. The first kappa shape index (κ1) is 22.5. The molecule has 0 unspecified atom stereocenters. The zero-order chi connectivity index (χ0) is 23.4. The van der Waals surface area contributed by atoms with E-state index in [0.717, 1.165) is 11.1 Å². The number of primary amides is 1. The van der Waals surface area contributed by atoms with Crippen LogP contribution in [-0.2, 0) is 0 Å². The molecule has 3 heterocycles. The normalized spacial score (nSPS) is 10.4. The number of carbonyl (C=O) groups excluding carboxylic acids is 2. The quantitative estimate of drug-likeness (QED) is 0.464. The number of carbonyl (C=O) groups is 2. The van der Waals surface area contributed by atoms with Crippen molar-refractivity contribution in [3.63, 3.8) is 0 Å². The van der Waals surface area contributed by atoms with Crippen LogP contribution in [0.15, 0.2) is 53.2 Å². The number of amides is 1. The van der Waals surface area contributed by atoms with E-state index in [1.807, 2.05) is 38.1 Å². The predicted octanol–water partition coefficient (Wildman–Crippen LogP) is 4.09. The Hall–Kier alpha value is -4.20. The third-order valence-corrected chi connectivity index (χ3v) is 4.90. The van der Waals surface area contributed by atoms with Crippen LogP contribution in [0.5, 0.6) is 5.75 Å². The summed E-state index contributed by atoms with van der Waals surface area (Å²) >= 11 is 0. The third kappa shape index (κ3) is 4.29. The summed E-state index contributed by atoms with van der Waals surface area (Å²) in [5, 5.41) is 0.439. The van der Waals surface area contributed by atoms with Gasteiger partial charge in [0.1, 0.15) is 5.82 Å². The molecular formula is C24H24N4O4. The maximum absolute atomic E-state index is 12.0. The van der Waals surface area contributed by atoms with Gasteiger partial charge >= 0.3 is 0 Å². The number of benzene rings is 1. The molecule has 0 aliphatic carbocycles. The number of ketones is 1. The SMILES string of the molecule is COc1ccc(-c2ncccc2C)c2c(C(N)=O)c(C(C)=O)oc12.Cc1cccnc1N. The summed E-state index contributed by atoms with van der Waals surface area (Å²) < 4.78 is 10.9. The second kappa shape index (κ2) is 9.30. The highest BCUT2D eigenvalue weighted by Gasteiger charge is 2.27. The fourth-order valence-electron chi connectivity index (χ4n) is 3.29. The molecule has 0 fully saturated rings. The van der Waals surface area contributed by atoms with Crippen molar-refractivity contribution in [3.8, 4) is 17.0 Å². The van der Waals surface area contributed by atoms with Crippen LogP contribution in [0.3, 0.4) is 0 Å². The lowest BCUT2D eigenvalue weighted by Gasteiger charge is -2.09. The van der Waals surface area contributed by atoms with Gasteiger partial charge in [0.2, 0.25) is 0 Å². The number of aromatic nitrogens is 2. The maximum Gasteiger partial charge on any atom is 0.253 e. The molecular weight excluding hydrogens is 408 g/mol. The molecule has 4 aromatic rings. The standard InChI is InChI=1S/C18H16N2O4.C6H8N2/c1-9-5-4-8-20-15(9)11-6-7-12(23-3)17-13(11)14(18(19)22)16(24-17)10(2)21;1-5-3-2-4-8-6(5)7/h4-8H,1-3H3,(H2,19,22);2-4H,1H3,(H2,7,8). The van der Waals surface area contributed by atoms with Crippen LogP contribution in [0.1, 0.15) is 39.0 Å². The Kier molecular flexibility index (Phi) is 6.53.